The number of phenols is 1. The first kappa shape index (κ1) is 34.3. The Kier molecular flexibility index (Phi) is 8.92. The summed E-state index contributed by atoms with van der Waals surface area (Å²) in [6, 6.07) is 37.1. The van der Waals surface area contributed by atoms with Gasteiger partial charge in [-0.15, -0.1) is 29.8 Å². The summed E-state index contributed by atoms with van der Waals surface area (Å²) in [5.41, 5.74) is 13.3. The maximum absolute atomic E-state index is 10.9. The van der Waals surface area contributed by atoms with Crippen molar-refractivity contribution in [2.45, 2.75) is 66.2 Å². The number of aryl methyl sites for hydroxylation is 2. The molecule has 250 valence electrons. The van der Waals surface area contributed by atoms with E-state index in [1.807, 2.05) is 36.5 Å². The topological polar surface area (TPSA) is 50.9 Å². The minimum absolute atomic E-state index is 0. The van der Waals surface area contributed by atoms with Gasteiger partial charge in [0.1, 0.15) is 5.75 Å². The van der Waals surface area contributed by atoms with Crippen molar-refractivity contribution in [3.05, 3.63) is 132 Å². The summed E-state index contributed by atoms with van der Waals surface area (Å²) in [6.45, 7) is 17.9. The van der Waals surface area contributed by atoms with Crippen molar-refractivity contribution in [3.63, 3.8) is 0 Å². The molecule has 49 heavy (non-hydrogen) atoms. The molecule has 2 aromatic heterocycles. The number of para-hydroxylation sites is 2. The Morgan fingerprint density at radius 2 is 1.27 bits per heavy atom. The van der Waals surface area contributed by atoms with Crippen LogP contribution in [0.5, 0.6) is 5.75 Å². The molecular formula is C44H42N3OPt-. The Morgan fingerprint density at radius 1 is 0.633 bits per heavy atom. The fourth-order valence-corrected chi connectivity index (χ4v) is 6.75. The second kappa shape index (κ2) is 12.7. The van der Waals surface area contributed by atoms with Crippen LogP contribution in [0.25, 0.3) is 61.3 Å². The number of hydrogen-bond donors (Lipinski definition) is 1. The van der Waals surface area contributed by atoms with E-state index in [1.165, 1.54) is 22.3 Å². The van der Waals surface area contributed by atoms with E-state index in [1.54, 1.807) is 6.07 Å². The van der Waals surface area contributed by atoms with E-state index in [2.05, 4.69) is 127 Å². The van der Waals surface area contributed by atoms with Gasteiger partial charge in [-0.05, 0) is 70.5 Å². The van der Waals surface area contributed by atoms with Gasteiger partial charge in [0.05, 0.1) is 16.9 Å². The molecule has 5 heteroatoms. The Hall–Kier alpha value is -4.53. The van der Waals surface area contributed by atoms with Crippen LogP contribution in [0.3, 0.4) is 0 Å². The predicted molar refractivity (Wildman–Crippen MR) is 200 cm³/mol. The van der Waals surface area contributed by atoms with E-state index in [0.717, 1.165) is 61.3 Å². The molecule has 2 heterocycles. The number of aromatic nitrogens is 3. The maximum atomic E-state index is 10.9. The van der Waals surface area contributed by atoms with Crippen molar-refractivity contribution >= 4 is 21.9 Å². The summed E-state index contributed by atoms with van der Waals surface area (Å²) >= 11 is 0. The van der Waals surface area contributed by atoms with E-state index >= 15 is 0 Å². The van der Waals surface area contributed by atoms with Gasteiger partial charge >= 0.3 is 0 Å². The van der Waals surface area contributed by atoms with Gasteiger partial charge in [0.2, 0.25) is 0 Å². The predicted octanol–water partition coefficient (Wildman–Crippen LogP) is 11.3. The quantitative estimate of drug-likeness (QED) is 0.180. The van der Waals surface area contributed by atoms with Crippen LogP contribution in [0.2, 0.25) is 0 Å². The van der Waals surface area contributed by atoms with Gasteiger partial charge in [0.15, 0.2) is 0 Å². The molecule has 4 nitrogen and oxygen atoms in total. The molecular weight excluding hydrogens is 782 g/mol. The number of benzene rings is 5. The summed E-state index contributed by atoms with van der Waals surface area (Å²) in [5, 5.41) is 12.0. The van der Waals surface area contributed by atoms with Crippen LogP contribution < -0.4 is 0 Å². The van der Waals surface area contributed by atoms with E-state index in [9.17, 15) is 5.11 Å². The van der Waals surface area contributed by atoms with Gasteiger partial charge < -0.3 is 9.67 Å². The minimum atomic E-state index is -0.0297. The van der Waals surface area contributed by atoms with Crippen molar-refractivity contribution in [2.24, 2.45) is 0 Å². The average Bonchev–Trinajstić information content (AvgIpc) is 3.43. The third-order valence-electron chi connectivity index (χ3n) is 9.36. The van der Waals surface area contributed by atoms with Gasteiger partial charge in [-0.2, -0.15) is 0 Å². The molecule has 0 aliphatic heterocycles. The zero-order valence-electron chi connectivity index (χ0n) is 29.4. The zero-order chi connectivity index (χ0) is 34.0. The first-order valence-electron chi connectivity index (χ1n) is 16.7. The fourth-order valence-electron chi connectivity index (χ4n) is 6.75. The van der Waals surface area contributed by atoms with E-state index < -0.39 is 0 Å². The molecule has 5 aromatic carbocycles. The van der Waals surface area contributed by atoms with Crippen LogP contribution in [0.1, 0.15) is 63.8 Å². The fraction of sp³-hybridized carbons (Fsp3) is 0.227. The second-order valence-electron chi connectivity index (χ2n) is 15.0. The standard InChI is InChI=1S/C44H42N3O.Pt/c1-27-22-32(43(3,4)5)23-28(2)41(27)47-37-19-12-18-35(34-17-9-10-20-38(34)48)40(37)46-42(47)31-15-11-14-29(24-31)36-26-33(44(6,7)8)25-30-16-13-21-45-39(30)36;/h9-23,25-26,48H,1-8H3;/q-1;. The molecule has 7 rings (SSSR count). The number of phenolic OH excluding ortho intramolecular Hbond substituents is 1. The smallest absolute Gasteiger partial charge is 0.123 e. The number of imidazole rings is 1. The van der Waals surface area contributed by atoms with Crippen molar-refractivity contribution in [1.29, 1.82) is 0 Å². The van der Waals surface area contributed by atoms with E-state index in [-0.39, 0.29) is 37.6 Å². The first-order chi connectivity index (χ1) is 22.8. The van der Waals surface area contributed by atoms with Crippen molar-refractivity contribution in [1.82, 2.24) is 14.5 Å². The molecule has 0 aliphatic rings. The molecule has 0 fully saturated rings. The minimum Gasteiger partial charge on any atom is -0.507 e. The first-order valence-corrected chi connectivity index (χ1v) is 16.7. The van der Waals surface area contributed by atoms with Gasteiger partial charge in [-0.25, -0.2) is 0 Å². The third-order valence-corrected chi connectivity index (χ3v) is 9.36. The van der Waals surface area contributed by atoms with Crippen molar-refractivity contribution in [3.8, 4) is 45.1 Å². The molecule has 0 bridgehead atoms. The largest absolute Gasteiger partial charge is 0.507 e. The number of rotatable bonds is 4. The maximum Gasteiger partial charge on any atom is 0.123 e. The van der Waals surface area contributed by atoms with Crippen LogP contribution in [0.4, 0.5) is 0 Å². The Morgan fingerprint density at radius 3 is 1.96 bits per heavy atom. The molecule has 0 radical (unpaired) electrons. The third kappa shape index (κ3) is 6.24. The SMILES string of the molecule is Cc1cc(C(C)(C)C)cc(C)c1-n1c(-c2[c-]c(-c3cc(C(C)(C)C)cc4cccnc34)ccc2)nc2c(-c3ccccc3O)cccc21.[Pt]. The molecule has 1 N–H and O–H groups in total. The Balaban J connectivity index is 0.00000417. The van der Waals surface area contributed by atoms with Gasteiger partial charge in [-0.1, -0.05) is 113 Å². The van der Waals surface area contributed by atoms with Crippen molar-refractivity contribution in [2.75, 3.05) is 0 Å². The summed E-state index contributed by atoms with van der Waals surface area (Å²) in [5.74, 6) is 1.03. The summed E-state index contributed by atoms with van der Waals surface area (Å²) in [6.07, 6.45) is 1.86. The van der Waals surface area contributed by atoms with E-state index in [4.69, 9.17) is 9.97 Å². The normalized spacial score (nSPS) is 12.0. The monoisotopic (exact) mass is 823 g/mol. The molecule has 0 amide bonds. The molecule has 0 unspecified atom stereocenters. The van der Waals surface area contributed by atoms with Crippen LogP contribution in [0.15, 0.2) is 103 Å². The van der Waals surface area contributed by atoms with Crippen molar-refractivity contribution < 1.29 is 26.2 Å². The van der Waals surface area contributed by atoms with Gasteiger partial charge in [0.25, 0.3) is 0 Å². The molecule has 0 spiro atoms. The summed E-state index contributed by atoms with van der Waals surface area (Å²) in [4.78, 5) is 10.2. The number of aromatic hydroxyl groups is 1. The van der Waals surface area contributed by atoms with Crippen LogP contribution in [-0.4, -0.2) is 19.6 Å². The van der Waals surface area contributed by atoms with Gasteiger partial charge in [0, 0.05) is 49.6 Å². The van der Waals surface area contributed by atoms with Crippen LogP contribution in [-0.2, 0) is 31.9 Å². The average molecular weight is 824 g/mol. The molecule has 7 aromatic rings. The molecule has 0 aliphatic carbocycles. The molecule has 0 atom stereocenters. The number of hydrogen-bond acceptors (Lipinski definition) is 3. The Labute approximate surface area is 304 Å². The van der Waals surface area contributed by atoms with Crippen LogP contribution in [0, 0.1) is 19.9 Å². The van der Waals surface area contributed by atoms with Gasteiger partial charge in [-0.3, -0.25) is 9.97 Å². The summed E-state index contributed by atoms with van der Waals surface area (Å²) in [7, 11) is 0. The molecule has 0 saturated carbocycles. The van der Waals surface area contributed by atoms with Crippen LogP contribution >= 0.6 is 0 Å². The number of fused-ring (bicyclic) bond motifs is 2. The zero-order valence-corrected chi connectivity index (χ0v) is 31.7. The summed E-state index contributed by atoms with van der Waals surface area (Å²) < 4.78 is 2.29. The number of nitrogens with zero attached hydrogens (tertiary/aromatic N) is 3. The van der Waals surface area contributed by atoms with E-state index in [0.29, 0.717) is 0 Å². The second-order valence-corrected chi connectivity index (χ2v) is 15.0. The Bertz CT molecular complexity index is 2330. The molecule has 0 saturated heterocycles. The number of pyridine rings is 1.